The van der Waals surface area contributed by atoms with Crippen LogP contribution >= 0.6 is 0 Å². The first-order valence-electron chi connectivity index (χ1n) is 1.02. The van der Waals surface area contributed by atoms with Crippen LogP contribution in [-0.2, 0) is 15.5 Å². The summed E-state index contributed by atoms with van der Waals surface area (Å²) in [5, 5.41) is 5.99. The molecule has 1 atom stereocenters. The Balaban J connectivity index is -0.000000125. The molecule has 0 saturated carbocycles. The minimum Gasteiger partial charge on any atom is -1.00 e. The molecular formula is CH3LiNO3S-. The van der Waals surface area contributed by atoms with Gasteiger partial charge in [0.25, 0.3) is 0 Å². The van der Waals surface area contributed by atoms with E-state index in [1.54, 1.807) is 0 Å². The van der Waals surface area contributed by atoms with Crippen LogP contribution in [0.3, 0.4) is 0 Å². The first-order valence-corrected chi connectivity index (χ1v) is 2.02. The molecule has 1 N–H and O–H groups in total. The normalized spacial score (nSPS) is 11.0. The van der Waals surface area contributed by atoms with E-state index in [-0.39, 0.29) is 20.3 Å². The molecule has 0 amide bonds. The van der Waals surface area contributed by atoms with Crippen molar-refractivity contribution in [3.8, 4) is 0 Å². The standard InChI is InChI=1S/CH3NO3S.Li.H/c2-1-5-6(3)4;;/h1-2H,(H,3,4);;/q;+1;-1/p-1. The first-order chi connectivity index (χ1) is 2.77. The fraction of sp³-hybridized carbons (Fsp3) is 0. The Hall–Kier alpha value is 0.177. The van der Waals surface area contributed by atoms with Crippen LogP contribution in [0.25, 0.3) is 0 Å². The molecule has 7 heavy (non-hydrogen) atoms. The Morgan fingerprint density at radius 3 is 2.43 bits per heavy atom. The molecule has 0 rings (SSSR count). The van der Waals surface area contributed by atoms with Gasteiger partial charge in [-0.25, -0.2) is 4.21 Å². The molecule has 0 bridgehead atoms. The van der Waals surface area contributed by atoms with E-state index in [1.165, 1.54) is 0 Å². The summed E-state index contributed by atoms with van der Waals surface area (Å²) in [6.07, 6.45) is 0.336. The predicted molar refractivity (Wildman–Crippen MR) is 19.9 cm³/mol. The zero-order valence-electron chi connectivity index (χ0n) is 4.71. The van der Waals surface area contributed by atoms with E-state index in [9.17, 15) is 8.76 Å². The number of nitrogens with one attached hydrogen (secondary N) is 1. The average Bonchev–Trinajstić information content (AvgIpc) is 1.35. The second-order valence-corrected chi connectivity index (χ2v) is 1.02. The smallest absolute Gasteiger partial charge is 1.00 e. The molecule has 0 spiro atoms. The van der Waals surface area contributed by atoms with Crippen molar-refractivity contribution in [1.29, 1.82) is 5.41 Å². The summed E-state index contributed by atoms with van der Waals surface area (Å²) >= 11 is -2.56. The molecule has 0 saturated heterocycles. The van der Waals surface area contributed by atoms with Gasteiger partial charge in [0, 0.05) is 0 Å². The molecule has 0 aromatic rings. The maximum atomic E-state index is 9.23. The largest absolute Gasteiger partial charge is 1.00 e. The molecule has 6 heteroatoms. The van der Waals surface area contributed by atoms with Crippen LogP contribution < -0.4 is 18.9 Å². The van der Waals surface area contributed by atoms with Gasteiger partial charge in [0.15, 0.2) is 6.40 Å². The zero-order valence-corrected chi connectivity index (χ0v) is 4.53. The third kappa shape index (κ3) is 10.7. The van der Waals surface area contributed by atoms with Gasteiger partial charge in [-0.15, -0.1) is 0 Å². The van der Waals surface area contributed by atoms with Crippen LogP contribution in [0.5, 0.6) is 0 Å². The fourth-order valence-corrected chi connectivity index (χ4v) is 0.118. The van der Waals surface area contributed by atoms with Crippen LogP contribution in [0.1, 0.15) is 1.43 Å². The van der Waals surface area contributed by atoms with Gasteiger partial charge in [-0.1, -0.05) is 0 Å². The summed E-state index contributed by atoms with van der Waals surface area (Å²) in [7, 11) is 0. The maximum absolute atomic E-state index is 9.23. The Kier molecular flexibility index (Phi) is 9.02. The average molecular weight is 116 g/mol. The number of rotatable bonds is 2. The monoisotopic (exact) mass is 116 g/mol. The fourth-order valence-electron chi connectivity index (χ4n) is 0.0393. The van der Waals surface area contributed by atoms with Crippen LogP contribution in [-0.4, -0.2) is 15.2 Å². The van der Waals surface area contributed by atoms with Crippen molar-refractivity contribution in [2.24, 2.45) is 0 Å². The van der Waals surface area contributed by atoms with Gasteiger partial charge in [-0.05, 0) is 0 Å². The minimum absolute atomic E-state index is 0. The van der Waals surface area contributed by atoms with E-state index in [4.69, 9.17) is 5.41 Å². The van der Waals surface area contributed by atoms with Crippen molar-refractivity contribution in [3.63, 3.8) is 0 Å². The summed E-state index contributed by atoms with van der Waals surface area (Å²) in [6.45, 7) is 0. The summed E-state index contributed by atoms with van der Waals surface area (Å²) in [4.78, 5) is 0. The summed E-state index contributed by atoms with van der Waals surface area (Å²) in [5.41, 5.74) is 0. The maximum Gasteiger partial charge on any atom is 1.00 e. The summed E-state index contributed by atoms with van der Waals surface area (Å²) in [5.74, 6) is 0. The molecule has 0 radical (unpaired) electrons. The van der Waals surface area contributed by atoms with E-state index in [0.29, 0.717) is 6.40 Å². The molecule has 0 aliphatic heterocycles. The van der Waals surface area contributed by atoms with Gasteiger partial charge >= 0.3 is 18.9 Å². The Morgan fingerprint density at radius 1 is 2.00 bits per heavy atom. The number of hydrogen-bond acceptors (Lipinski definition) is 4. The molecule has 0 aliphatic rings. The first kappa shape index (κ1) is 10.2. The quantitative estimate of drug-likeness (QED) is 0.176. The Labute approximate surface area is 56.9 Å². The molecule has 0 fully saturated rings. The Bertz CT molecular complexity index is 79.7. The van der Waals surface area contributed by atoms with Gasteiger partial charge in [0.2, 0.25) is 0 Å². The molecule has 0 aliphatic carbocycles. The van der Waals surface area contributed by atoms with Crippen molar-refractivity contribution < 1.29 is 33.2 Å². The molecule has 0 heterocycles. The molecule has 1 unspecified atom stereocenters. The van der Waals surface area contributed by atoms with Gasteiger partial charge in [0.1, 0.15) is 11.4 Å². The third-order valence-electron chi connectivity index (χ3n) is 0.127. The summed E-state index contributed by atoms with van der Waals surface area (Å²) < 4.78 is 22.0. The minimum atomic E-state index is -2.56. The van der Waals surface area contributed by atoms with Crippen molar-refractivity contribution >= 4 is 17.8 Å². The van der Waals surface area contributed by atoms with Crippen molar-refractivity contribution in [1.82, 2.24) is 0 Å². The van der Waals surface area contributed by atoms with Crippen molar-refractivity contribution in [2.45, 2.75) is 0 Å². The molecule has 0 aromatic carbocycles. The van der Waals surface area contributed by atoms with Crippen LogP contribution in [0.15, 0.2) is 0 Å². The molecule has 38 valence electrons. The number of hydrogen-bond donors (Lipinski definition) is 1. The second kappa shape index (κ2) is 6.18. The van der Waals surface area contributed by atoms with E-state index in [2.05, 4.69) is 4.18 Å². The molecule has 0 aromatic heterocycles. The SMILES string of the molecule is N=COS(=O)[O-].[H-].[Li+]. The van der Waals surface area contributed by atoms with E-state index in [1.807, 2.05) is 0 Å². The van der Waals surface area contributed by atoms with Crippen LogP contribution in [0, 0.1) is 5.41 Å². The van der Waals surface area contributed by atoms with Crippen molar-refractivity contribution in [2.75, 3.05) is 0 Å². The van der Waals surface area contributed by atoms with Gasteiger partial charge in [0.05, 0.1) is 0 Å². The van der Waals surface area contributed by atoms with E-state index in [0.717, 1.165) is 0 Å². The van der Waals surface area contributed by atoms with Crippen LogP contribution in [0.2, 0.25) is 0 Å². The molecular weight excluding hydrogens is 113 g/mol. The summed E-state index contributed by atoms with van der Waals surface area (Å²) in [6, 6.07) is 0. The van der Waals surface area contributed by atoms with Gasteiger partial charge < -0.3 is 10.2 Å². The zero-order chi connectivity index (χ0) is 4.99. The predicted octanol–water partition coefficient (Wildman–Crippen LogP) is -3.48. The second-order valence-electron chi connectivity index (χ2n) is 0.418. The van der Waals surface area contributed by atoms with Gasteiger partial charge in [-0.3, -0.25) is 5.41 Å². The van der Waals surface area contributed by atoms with E-state index >= 15 is 0 Å². The third-order valence-corrected chi connectivity index (χ3v) is 0.380. The Morgan fingerprint density at radius 2 is 2.43 bits per heavy atom. The topological polar surface area (TPSA) is 73.2 Å². The van der Waals surface area contributed by atoms with E-state index < -0.39 is 11.4 Å². The van der Waals surface area contributed by atoms with Crippen LogP contribution in [0.4, 0.5) is 0 Å². The molecule has 4 nitrogen and oxygen atoms in total. The van der Waals surface area contributed by atoms with Gasteiger partial charge in [-0.2, -0.15) is 0 Å². The van der Waals surface area contributed by atoms with Crippen molar-refractivity contribution in [3.05, 3.63) is 0 Å².